The summed E-state index contributed by atoms with van der Waals surface area (Å²) in [5.74, 6) is 2.13. The summed E-state index contributed by atoms with van der Waals surface area (Å²) >= 11 is 8.82. The van der Waals surface area contributed by atoms with Crippen molar-refractivity contribution in [3.05, 3.63) is 50.5 Å². The quantitative estimate of drug-likeness (QED) is 0.825. The first-order valence-electron chi connectivity index (χ1n) is 6.68. The fourth-order valence-corrected chi connectivity index (χ4v) is 3.16. The molecule has 0 fully saturated rings. The molecule has 0 saturated carbocycles. The molecule has 104 valence electrons. The SMILES string of the molecule is CCc1[nH]c(C2COc3ccccc3C2)nc(=S)c1Br. The Bertz CT molecular complexity index is 699. The summed E-state index contributed by atoms with van der Waals surface area (Å²) in [5, 5.41) is 0. The second-order valence-electron chi connectivity index (χ2n) is 4.89. The molecule has 3 nitrogen and oxygen atoms in total. The fourth-order valence-electron chi connectivity index (χ4n) is 2.47. The minimum atomic E-state index is 0.227. The van der Waals surface area contributed by atoms with Crippen molar-refractivity contribution in [2.45, 2.75) is 25.7 Å². The second kappa shape index (κ2) is 5.66. The molecule has 0 amide bonds. The summed E-state index contributed by atoms with van der Waals surface area (Å²) < 4.78 is 7.35. The van der Waals surface area contributed by atoms with Gasteiger partial charge >= 0.3 is 0 Å². The number of halogens is 1. The van der Waals surface area contributed by atoms with E-state index in [4.69, 9.17) is 17.0 Å². The molecule has 1 unspecified atom stereocenters. The first-order chi connectivity index (χ1) is 9.69. The number of benzene rings is 1. The summed E-state index contributed by atoms with van der Waals surface area (Å²) in [6, 6.07) is 8.16. The summed E-state index contributed by atoms with van der Waals surface area (Å²) in [4.78, 5) is 7.91. The zero-order valence-electron chi connectivity index (χ0n) is 11.1. The van der Waals surface area contributed by atoms with E-state index in [-0.39, 0.29) is 5.92 Å². The van der Waals surface area contributed by atoms with Crippen molar-refractivity contribution < 1.29 is 4.74 Å². The van der Waals surface area contributed by atoms with Crippen LogP contribution >= 0.6 is 28.1 Å². The molecular formula is C15H15BrN2OS. The number of hydrogen-bond donors (Lipinski definition) is 1. The van der Waals surface area contributed by atoms with Gasteiger partial charge in [0.2, 0.25) is 0 Å². The maximum atomic E-state index is 5.83. The lowest BCUT2D eigenvalue weighted by Gasteiger charge is -2.25. The molecule has 0 aliphatic carbocycles. The van der Waals surface area contributed by atoms with E-state index in [1.807, 2.05) is 18.2 Å². The number of fused-ring (bicyclic) bond motifs is 1. The van der Waals surface area contributed by atoms with Gasteiger partial charge in [-0.25, -0.2) is 4.98 Å². The van der Waals surface area contributed by atoms with Crippen LogP contribution in [0.2, 0.25) is 0 Å². The van der Waals surface area contributed by atoms with Crippen molar-refractivity contribution in [2.75, 3.05) is 6.61 Å². The fraction of sp³-hybridized carbons (Fsp3) is 0.333. The highest BCUT2D eigenvalue weighted by atomic mass is 79.9. The third-order valence-corrected chi connectivity index (χ3v) is 4.98. The summed E-state index contributed by atoms with van der Waals surface area (Å²) in [5.41, 5.74) is 2.32. The molecular weight excluding hydrogens is 336 g/mol. The maximum absolute atomic E-state index is 5.83. The molecule has 2 aromatic rings. The molecule has 1 N–H and O–H groups in total. The van der Waals surface area contributed by atoms with Gasteiger partial charge < -0.3 is 9.72 Å². The van der Waals surface area contributed by atoms with Crippen LogP contribution in [0.5, 0.6) is 5.75 Å². The van der Waals surface area contributed by atoms with Crippen molar-refractivity contribution in [3.8, 4) is 5.75 Å². The van der Waals surface area contributed by atoms with Crippen LogP contribution in [0.4, 0.5) is 0 Å². The van der Waals surface area contributed by atoms with Crippen molar-refractivity contribution in [1.82, 2.24) is 9.97 Å². The lowest BCUT2D eigenvalue weighted by Crippen LogP contribution is -2.21. The first-order valence-corrected chi connectivity index (χ1v) is 7.88. The Morgan fingerprint density at radius 3 is 3.05 bits per heavy atom. The van der Waals surface area contributed by atoms with Crippen LogP contribution in [0.1, 0.15) is 29.9 Å². The smallest absolute Gasteiger partial charge is 0.144 e. The number of aromatic amines is 1. The standard InChI is InChI=1S/C15H15BrN2OS/c1-2-11-13(16)15(20)18-14(17-11)10-7-9-5-3-4-6-12(9)19-8-10/h3-6,10H,2,7-8H2,1H3,(H,17,18,20). The highest BCUT2D eigenvalue weighted by Crippen LogP contribution is 2.31. The number of aryl methyl sites for hydroxylation is 1. The first kappa shape index (κ1) is 13.8. The summed E-state index contributed by atoms with van der Waals surface area (Å²) in [6.07, 6.45) is 1.82. The van der Waals surface area contributed by atoms with Crippen molar-refractivity contribution >= 4 is 28.1 Å². The number of para-hydroxylation sites is 1. The van der Waals surface area contributed by atoms with Crippen LogP contribution in [0.3, 0.4) is 0 Å². The number of nitrogens with one attached hydrogen (secondary N) is 1. The normalized spacial score (nSPS) is 17.4. The van der Waals surface area contributed by atoms with E-state index < -0.39 is 0 Å². The molecule has 0 radical (unpaired) electrons. The molecule has 0 saturated heterocycles. The van der Waals surface area contributed by atoms with Gasteiger partial charge in [0, 0.05) is 5.69 Å². The van der Waals surface area contributed by atoms with E-state index in [0.717, 1.165) is 34.6 Å². The number of H-pyrrole nitrogens is 1. The van der Waals surface area contributed by atoms with Gasteiger partial charge in [-0.15, -0.1) is 0 Å². The molecule has 1 aromatic heterocycles. The maximum Gasteiger partial charge on any atom is 0.144 e. The second-order valence-corrected chi connectivity index (χ2v) is 6.07. The number of nitrogens with zero attached hydrogens (tertiary/aromatic N) is 1. The minimum Gasteiger partial charge on any atom is -0.493 e. The van der Waals surface area contributed by atoms with E-state index in [9.17, 15) is 0 Å². The lowest BCUT2D eigenvalue weighted by atomic mass is 9.96. The Labute approximate surface area is 131 Å². The van der Waals surface area contributed by atoms with Crippen molar-refractivity contribution in [3.63, 3.8) is 0 Å². The number of aromatic nitrogens is 2. The van der Waals surface area contributed by atoms with Gasteiger partial charge in [-0.1, -0.05) is 37.3 Å². The van der Waals surface area contributed by atoms with Crippen LogP contribution in [-0.4, -0.2) is 16.6 Å². The van der Waals surface area contributed by atoms with Gasteiger partial charge in [0.05, 0.1) is 17.0 Å². The minimum absolute atomic E-state index is 0.227. The molecule has 1 atom stereocenters. The Morgan fingerprint density at radius 2 is 2.25 bits per heavy atom. The largest absolute Gasteiger partial charge is 0.493 e. The molecule has 2 heterocycles. The highest BCUT2D eigenvalue weighted by molar-refractivity contribution is 9.10. The Hall–Kier alpha value is -1.20. The third-order valence-electron chi connectivity index (χ3n) is 3.57. The van der Waals surface area contributed by atoms with E-state index >= 15 is 0 Å². The van der Waals surface area contributed by atoms with Crippen LogP contribution in [0, 0.1) is 4.64 Å². The summed E-state index contributed by atoms with van der Waals surface area (Å²) in [7, 11) is 0. The zero-order valence-corrected chi connectivity index (χ0v) is 13.6. The Balaban J connectivity index is 1.96. The number of rotatable bonds is 2. The number of hydrogen-bond acceptors (Lipinski definition) is 3. The molecule has 0 bridgehead atoms. The monoisotopic (exact) mass is 350 g/mol. The van der Waals surface area contributed by atoms with E-state index in [1.165, 1.54) is 5.56 Å². The van der Waals surface area contributed by atoms with Gasteiger partial charge in [-0.05, 0) is 40.4 Å². The molecule has 20 heavy (non-hydrogen) atoms. The van der Waals surface area contributed by atoms with Gasteiger partial charge in [-0.2, -0.15) is 0 Å². The number of ether oxygens (including phenoxy) is 1. The molecule has 1 aliphatic heterocycles. The van der Waals surface area contributed by atoms with Gasteiger partial charge in [-0.3, -0.25) is 0 Å². The van der Waals surface area contributed by atoms with Crippen LogP contribution in [0.25, 0.3) is 0 Å². The average molecular weight is 351 g/mol. The third kappa shape index (κ3) is 2.52. The van der Waals surface area contributed by atoms with E-state index in [0.29, 0.717) is 11.2 Å². The highest BCUT2D eigenvalue weighted by Gasteiger charge is 2.23. The zero-order chi connectivity index (χ0) is 14.1. The molecule has 1 aromatic carbocycles. The lowest BCUT2D eigenvalue weighted by molar-refractivity contribution is 0.257. The van der Waals surface area contributed by atoms with Crippen molar-refractivity contribution in [2.24, 2.45) is 0 Å². The van der Waals surface area contributed by atoms with Gasteiger partial charge in [0.1, 0.15) is 16.2 Å². The van der Waals surface area contributed by atoms with E-state index in [1.54, 1.807) is 0 Å². The molecule has 3 rings (SSSR count). The van der Waals surface area contributed by atoms with Crippen LogP contribution < -0.4 is 4.74 Å². The van der Waals surface area contributed by atoms with Crippen LogP contribution in [0.15, 0.2) is 28.7 Å². The average Bonchev–Trinajstić information content (AvgIpc) is 2.49. The van der Waals surface area contributed by atoms with Gasteiger partial charge in [0.25, 0.3) is 0 Å². The Kier molecular flexibility index (Phi) is 3.89. The predicted octanol–water partition coefficient (Wildman–Crippen LogP) is 4.18. The van der Waals surface area contributed by atoms with Crippen LogP contribution in [-0.2, 0) is 12.8 Å². The van der Waals surface area contributed by atoms with Crippen molar-refractivity contribution in [1.29, 1.82) is 0 Å². The van der Waals surface area contributed by atoms with E-state index in [2.05, 4.69) is 38.9 Å². The topological polar surface area (TPSA) is 37.9 Å². The van der Waals surface area contributed by atoms with Gasteiger partial charge in [0.15, 0.2) is 0 Å². The molecule has 1 aliphatic rings. The molecule has 0 spiro atoms. The predicted molar refractivity (Wildman–Crippen MR) is 84.9 cm³/mol. The summed E-state index contributed by atoms with van der Waals surface area (Å²) in [6.45, 7) is 2.74. The molecule has 5 heteroatoms. The Morgan fingerprint density at radius 1 is 1.45 bits per heavy atom.